The zero-order valence-electron chi connectivity index (χ0n) is 18.6. The minimum atomic E-state index is -0.570. The van der Waals surface area contributed by atoms with E-state index in [0.717, 1.165) is 19.3 Å². The van der Waals surface area contributed by atoms with Gasteiger partial charge in [0.05, 0.1) is 17.0 Å². The molecule has 2 heterocycles. The standard InChI is InChI=1S/C23H24ClFN4O5S/c24-16-6-12(2-4-17(16)25)7-26-22(33)20-28-21(32)19-14(11-35-23(19)29-20)10-34-9-13-1-3-15(5-13)27-18(31)8-30/h2,4,6,11,13,15,30H,1,3,5,7-10H2,(H,26,33)(H,27,31)(H,28,29,32). The molecule has 0 bridgehead atoms. The Balaban J connectivity index is 1.33. The molecule has 1 aromatic carbocycles. The highest BCUT2D eigenvalue weighted by molar-refractivity contribution is 7.16. The molecule has 1 aliphatic rings. The van der Waals surface area contributed by atoms with Gasteiger partial charge in [-0.3, -0.25) is 14.4 Å². The van der Waals surface area contributed by atoms with Crippen LogP contribution in [0.1, 0.15) is 41.0 Å². The van der Waals surface area contributed by atoms with Crippen LogP contribution in [0.3, 0.4) is 0 Å². The molecule has 9 nitrogen and oxygen atoms in total. The van der Waals surface area contributed by atoms with E-state index in [1.807, 2.05) is 0 Å². The van der Waals surface area contributed by atoms with Crippen LogP contribution in [-0.4, -0.2) is 46.1 Å². The first kappa shape index (κ1) is 25.2. The van der Waals surface area contributed by atoms with Gasteiger partial charge in [0, 0.05) is 24.8 Å². The predicted octanol–water partition coefficient (Wildman–Crippen LogP) is 2.50. The Hall–Kier alpha value is -2.86. The number of fused-ring (bicyclic) bond motifs is 1. The van der Waals surface area contributed by atoms with Crippen molar-refractivity contribution in [2.45, 2.75) is 38.5 Å². The number of hydrogen-bond acceptors (Lipinski definition) is 7. The van der Waals surface area contributed by atoms with Gasteiger partial charge < -0.3 is 25.5 Å². The summed E-state index contributed by atoms with van der Waals surface area (Å²) in [5.41, 5.74) is 0.861. The number of carbonyl (C=O) groups excluding carboxylic acids is 2. The summed E-state index contributed by atoms with van der Waals surface area (Å²) in [6, 6.07) is 4.18. The SMILES string of the molecule is O=C(CO)NC1CCC(COCc2csc3nc(C(=O)NCc4ccc(F)c(Cl)c4)[nH]c(=O)c23)C1. The van der Waals surface area contributed by atoms with Gasteiger partial charge in [0.15, 0.2) is 0 Å². The van der Waals surface area contributed by atoms with Crippen molar-refractivity contribution in [1.82, 2.24) is 20.6 Å². The molecule has 2 atom stereocenters. The van der Waals surface area contributed by atoms with E-state index in [2.05, 4.69) is 20.6 Å². The molecule has 35 heavy (non-hydrogen) atoms. The van der Waals surface area contributed by atoms with Crippen LogP contribution in [0.2, 0.25) is 5.02 Å². The Morgan fingerprint density at radius 2 is 2.17 bits per heavy atom. The van der Waals surface area contributed by atoms with E-state index in [0.29, 0.717) is 28.0 Å². The van der Waals surface area contributed by atoms with Crippen LogP contribution in [0.5, 0.6) is 0 Å². The maximum atomic E-state index is 13.3. The molecule has 0 saturated heterocycles. The first-order valence-electron chi connectivity index (χ1n) is 11.0. The molecule has 0 aliphatic heterocycles. The topological polar surface area (TPSA) is 133 Å². The van der Waals surface area contributed by atoms with Gasteiger partial charge in [-0.25, -0.2) is 9.37 Å². The van der Waals surface area contributed by atoms with Crippen molar-refractivity contribution < 1.29 is 23.8 Å². The highest BCUT2D eigenvalue weighted by atomic mass is 35.5. The first-order chi connectivity index (χ1) is 16.8. The molecular weight excluding hydrogens is 499 g/mol. The lowest BCUT2D eigenvalue weighted by Crippen LogP contribution is -2.35. The van der Waals surface area contributed by atoms with Crippen molar-refractivity contribution in [3.8, 4) is 0 Å². The van der Waals surface area contributed by atoms with E-state index in [1.165, 1.54) is 29.5 Å². The zero-order chi connectivity index (χ0) is 24.9. The summed E-state index contributed by atoms with van der Waals surface area (Å²) in [6.07, 6.45) is 2.52. The number of H-pyrrole nitrogens is 1. The number of nitrogens with zero attached hydrogens (tertiary/aromatic N) is 1. The Bertz CT molecular complexity index is 1300. The number of nitrogens with one attached hydrogen (secondary N) is 3. The van der Waals surface area contributed by atoms with Crippen LogP contribution in [0, 0.1) is 11.7 Å². The molecule has 0 radical (unpaired) electrons. The quantitative estimate of drug-likeness (QED) is 0.341. The highest BCUT2D eigenvalue weighted by Crippen LogP contribution is 2.27. The second-order valence-electron chi connectivity index (χ2n) is 8.40. The number of aromatic amines is 1. The smallest absolute Gasteiger partial charge is 0.287 e. The third-order valence-electron chi connectivity index (χ3n) is 5.83. The third kappa shape index (κ3) is 6.23. The molecule has 3 aromatic rings. The Kier molecular flexibility index (Phi) is 8.11. The van der Waals surface area contributed by atoms with Gasteiger partial charge in [0.2, 0.25) is 11.7 Å². The average Bonchev–Trinajstić information content (AvgIpc) is 3.46. The summed E-state index contributed by atoms with van der Waals surface area (Å²) in [4.78, 5) is 43.7. The van der Waals surface area contributed by atoms with Crippen molar-refractivity contribution in [3.05, 3.63) is 61.7 Å². The van der Waals surface area contributed by atoms with Crippen LogP contribution >= 0.6 is 22.9 Å². The number of benzene rings is 1. The van der Waals surface area contributed by atoms with E-state index in [4.69, 9.17) is 21.4 Å². The highest BCUT2D eigenvalue weighted by Gasteiger charge is 2.26. The molecule has 2 aromatic heterocycles. The molecule has 186 valence electrons. The van der Waals surface area contributed by atoms with Crippen LogP contribution in [0.25, 0.3) is 10.2 Å². The maximum absolute atomic E-state index is 13.3. The first-order valence-corrected chi connectivity index (χ1v) is 12.3. The fraction of sp³-hybridized carbons (Fsp3) is 0.391. The molecule has 2 amide bonds. The number of halogens is 2. The van der Waals surface area contributed by atoms with Crippen LogP contribution in [0.4, 0.5) is 4.39 Å². The number of carbonyl (C=O) groups is 2. The molecule has 0 spiro atoms. The summed E-state index contributed by atoms with van der Waals surface area (Å²) >= 11 is 7.01. The van der Waals surface area contributed by atoms with Gasteiger partial charge in [-0.2, -0.15) is 0 Å². The van der Waals surface area contributed by atoms with Crippen molar-refractivity contribution in [3.63, 3.8) is 0 Å². The van der Waals surface area contributed by atoms with Crippen molar-refractivity contribution in [2.24, 2.45) is 5.92 Å². The third-order valence-corrected chi connectivity index (χ3v) is 7.04. The number of rotatable bonds is 9. The normalized spacial score (nSPS) is 17.6. The molecular formula is C23H24ClFN4O5S. The van der Waals surface area contributed by atoms with Crippen LogP contribution in [0.15, 0.2) is 28.4 Å². The molecule has 1 fully saturated rings. The van der Waals surface area contributed by atoms with E-state index in [9.17, 15) is 18.8 Å². The fourth-order valence-electron chi connectivity index (χ4n) is 4.10. The van der Waals surface area contributed by atoms with Crippen molar-refractivity contribution >= 4 is 45.0 Å². The maximum Gasteiger partial charge on any atom is 0.287 e. The van der Waals surface area contributed by atoms with Crippen molar-refractivity contribution in [2.75, 3.05) is 13.2 Å². The molecule has 1 aliphatic carbocycles. The number of aliphatic hydroxyl groups excluding tert-OH is 1. The number of ether oxygens (including phenoxy) is 1. The molecule has 4 rings (SSSR count). The van der Waals surface area contributed by atoms with Crippen LogP contribution < -0.4 is 16.2 Å². The largest absolute Gasteiger partial charge is 0.387 e. The number of amides is 2. The van der Waals surface area contributed by atoms with E-state index >= 15 is 0 Å². The molecule has 12 heteroatoms. The number of aliphatic hydroxyl groups is 1. The van der Waals surface area contributed by atoms with Gasteiger partial charge in [-0.05, 0) is 48.3 Å². The molecule has 4 N–H and O–H groups in total. The summed E-state index contributed by atoms with van der Waals surface area (Å²) in [5.74, 6) is -1.33. The van der Waals surface area contributed by atoms with Gasteiger partial charge in [0.1, 0.15) is 17.3 Å². The monoisotopic (exact) mass is 522 g/mol. The number of thiophene rings is 1. The lowest BCUT2D eigenvalue weighted by Gasteiger charge is -2.13. The lowest BCUT2D eigenvalue weighted by atomic mass is 10.1. The summed E-state index contributed by atoms with van der Waals surface area (Å²) in [7, 11) is 0. The van der Waals surface area contributed by atoms with E-state index < -0.39 is 23.9 Å². The van der Waals surface area contributed by atoms with Gasteiger partial charge >= 0.3 is 0 Å². The van der Waals surface area contributed by atoms with Gasteiger partial charge in [-0.15, -0.1) is 11.3 Å². The van der Waals surface area contributed by atoms with Gasteiger partial charge in [0.25, 0.3) is 11.5 Å². The van der Waals surface area contributed by atoms with Gasteiger partial charge in [-0.1, -0.05) is 17.7 Å². The lowest BCUT2D eigenvalue weighted by molar-refractivity contribution is -0.124. The minimum absolute atomic E-state index is 0.0424. The second-order valence-corrected chi connectivity index (χ2v) is 9.67. The number of hydrogen-bond donors (Lipinski definition) is 4. The van der Waals surface area contributed by atoms with Crippen LogP contribution in [-0.2, 0) is 22.7 Å². The van der Waals surface area contributed by atoms with E-state index in [-0.39, 0.29) is 41.9 Å². The second kappa shape index (κ2) is 11.3. The molecule has 1 saturated carbocycles. The molecule has 2 unspecified atom stereocenters. The summed E-state index contributed by atoms with van der Waals surface area (Å²) in [6.45, 7) is 0.293. The Morgan fingerprint density at radius 3 is 2.94 bits per heavy atom. The minimum Gasteiger partial charge on any atom is -0.387 e. The Labute approximate surface area is 208 Å². The zero-order valence-corrected chi connectivity index (χ0v) is 20.2. The fourth-order valence-corrected chi connectivity index (χ4v) is 5.23. The summed E-state index contributed by atoms with van der Waals surface area (Å²) < 4.78 is 19.1. The summed E-state index contributed by atoms with van der Waals surface area (Å²) in [5, 5.41) is 16.4. The van der Waals surface area contributed by atoms with E-state index in [1.54, 1.807) is 5.38 Å². The Morgan fingerprint density at radius 1 is 1.34 bits per heavy atom. The average molecular weight is 523 g/mol. The van der Waals surface area contributed by atoms with Crippen molar-refractivity contribution in [1.29, 1.82) is 0 Å². The predicted molar refractivity (Wildman–Crippen MR) is 129 cm³/mol. The number of aromatic nitrogens is 2.